The highest BCUT2D eigenvalue weighted by molar-refractivity contribution is 6.31. The number of likely N-dealkylation sites (N-methyl/N-ethyl adjacent to an activating group) is 1. The Kier molecular flexibility index (Phi) is 5.20. The molecule has 0 radical (unpaired) electrons. The van der Waals surface area contributed by atoms with E-state index in [-0.39, 0.29) is 6.04 Å². The molecule has 0 fully saturated rings. The van der Waals surface area contributed by atoms with Gasteiger partial charge in [-0.1, -0.05) is 35.0 Å². The van der Waals surface area contributed by atoms with Crippen LogP contribution < -0.4 is 5.32 Å². The summed E-state index contributed by atoms with van der Waals surface area (Å²) >= 11 is 6.27. The molecule has 0 saturated carbocycles. The third-order valence-corrected chi connectivity index (χ3v) is 4.69. The molecule has 0 spiro atoms. The fourth-order valence-electron chi connectivity index (χ4n) is 2.76. The number of hydrogen-bond donors (Lipinski definition) is 1. The zero-order chi connectivity index (χ0) is 18.0. The first-order chi connectivity index (χ1) is 12.0. The molecule has 1 N–H and O–H groups in total. The summed E-state index contributed by atoms with van der Waals surface area (Å²) in [7, 11) is 1.92. The van der Waals surface area contributed by atoms with Crippen LogP contribution in [0.5, 0.6) is 0 Å². The van der Waals surface area contributed by atoms with E-state index in [4.69, 9.17) is 16.1 Å². The van der Waals surface area contributed by atoms with Gasteiger partial charge in [0, 0.05) is 23.2 Å². The van der Waals surface area contributed by atoms with Crippen molar-refractivity contribution >= 4 is 11.6 Å². The van der Waals surface area contributed by atoms with Crippen LogP contribution in [0.2, 0.25) is 5.02 Å². The van der Waals surface area contributed by atoms with E-state index < -0.39 is 0 Å². The van der Waals surface area contributed by atoms with Crippen molar-refractivity contribution in [3.05, 3.63) is 52.1 Å². The van der Waals surface area contributed by atoms with E-state index in [0.717, 1.165) is 27.5 Å². The summed E-state index contributed by atoms with van der Waals surface area (Å²) in [5.74, 6) is 1.20. The van der Waals surface area contributed by atoms with Crippen LogP contribution in [0.25, 0.3) is 11.5 Å². The molecule has 1 unspecified atom stereocenters. The lowest BCUT2D eigenvalue weighted by Crippen LogP contribution is -2.24. The minimum Gasteiger partial charge on any atom is -0.334 e. The molecule has 132 valence electrons. The van der Waals surface area contributed by atoms with E-state index >= 15 is 0 Å². The molecule has 0 amide bonds. The first kappa shape index (κ1) is 17.6. The zero-order valence-corrected chi connectivity index (χ0v) is 15.6. The van der Waals surface area contributed by atoms with Gasteiger partial charge < -0.3 is 9.84 Å². The Morgan fingerprint density at radius 1 is 1.28 bits per heavy atom. The Labute approximate surface area is 152 Å². The predicted octanol–water partition coefficient (Wildman–Crippen LogP) is 3.40. The lowest BCUT2D eigenvalue weighted by atomic mass is 10.2. The van der Waals surface area contributed by atoms with Gasteiger partial charge in [0.2, 0.25) is 0 Å². The minimum atomic E-state index is 0.288. The average Bonchev–Trinajstić information content (AvgIpc) is 3.14. The van der Waals surface area contributed by atoms with E-state index in [1.807, 2.05) is 49.8 Å². The van der Waals surface area contributed by atoms with Crippen LogP contribution in [0, 0.1) is 13.8 Å². The molecule has 3 aromatic rings. The molecule has 0 aliphatic carbocycles. The first-order valence-corrected chi connectivity index (χ1v) is 8.65. The molecule has 1 aromatic carbocycles. The van der Waals surface area contributed by atoms with E-state index in [1.165, 1.54) is 0 Å². The van der Waals surface area contributed by atoms with E-state index in [1.54, 1.807) is 0 Å². The van der Waals surface area contributed by atoms with E-state index in [0.29, 0.717) is 24.7 Å². The third kappa shape index (κ3) is 3.75. The van der Waals surface area contributed by atoms with Crippen LogP contribution in [0.15, 0.2) is 28.8 Å². The van der Waals surface area contributed by atoms with E-state index in [2.05, 4.69) is 27.5 Å². The summed E-state index contributed by atoms with van der Waals surface area (Å²) in [6.07, 6.45) is 0.714. The first-order valence-electron chi connectivity index (χ1n) is 8.27. The largest absolute Gasteiger partial charge is 0.334 e. The summed E-state index contributed by atoms with van der Waals surface area (Å²) in [5.41, 5.74) is 3.76. The number of nitrogens with zero attached hydrogens (tertiary/aromatic N) is 4. The summed E-state index contributed by atoms with van der Waals surface area (Å²) in [5, 5.41) is 12.6. The molecular weight excluding hydrogens is 338 g/mol. The highest BCUT2D eigenvalue weighted by Gasteiger charge is 2.20. The van der Waals surface area contributed by atoms with Gasteiger partial charge in [0.05, 0.1) is 17.8 Å². The van der Waals surface area contributed by atoms with Gasteiger partial charge in [-0.15, -0.1) is 0 Å². The highest BCUT2D eigenvalue weighted by Crippen LogP contribution is 2.27. The lowest BCUT2D eigenvalue weighted by molar-refractivity contribution is 0.417. The van der Waals surface area contributed by atoms with Crippen molar-refractivity contribution in [2.75, 3.05) is 7.05 Å². The van der Waals surface area contributed by atoms with Crippen molar-refractivity contribution in [2.24, 2.45) is 0 Å². The third-order valence-electron chi connectivity index (χ3n) is 4.32. The van der Waals surface area contributed by atoms with Gasteiger partial charge in [-0.25, -0.2) is 0 Å². The topological polar surface area (TPSA) is 68.8 Å². The summed E-state index contributed by atoms with van der Waals surface area (Å²) in [4.78, 5) is 4.53. The quantitative estimate of drug-likeness (QED) is 0.730. The Hall–Kier alpha value is -2.18. The highest BCUT2D eigenvalue weighted by atomic mass is 35.5. The summed E-state index contributed by atoms with van der Waals surface area (Å²) in [6.45, 7) is 6.64. The van der Waals surface area contributed by atoms with Crippen LogP contribution in [-0.2, 0) is 13.0 Å². The van der Waals surface area contributed by atoms with Crippen molar-refractivity contribution in [3.8, 4) is 11.5 Å². The van der Waals surface area contributed by atoms with Crippen LogP contribution in [0.3, 0.4) is 0 Å². The number of aryl methyl sites for hydroxylation is 1. The van der Waals surface area contributed by atoms with Gasteiger partial charge in [-0.3, -0.25) is 4.68 Å². The average molecular weight is 360 g/mol. The van der Waals surface area contributed by atoms with Gasteiger partial charge in [-0.2, -0.15) is 10.1 Å². The smallest absolute Gasteiger partial charge is 0.261 e. The Morgan fingerprint density at radius 2 is 2.04 bits per heavy atom. The van der Waals surface area contributed by atoms with E-state index in [9.17, 15) is 0 Å². The molecule has 0 bridgehead atoms. The van der Waals surface area contributed by atoms with Gasteiger partial charge >= 0.3 is 0 Å². The van der Waals surface area contributed by atoms with Crippen molar-refractivity contribution in [1.82, 2.24) is 25.2 Å². The molecule has 0 aliphatic heterocycles. The second kappa shape index (κ2) is 7.37. The monoisotopic (exact) mass is 359 g/mol. The number of nitrogens with one attached hydrogen (secondary N) is 1. The van der Waals surface area contributed by atoms with Crippen LogP contribution in [0.1, 0.15) is 29.7 Å². The van der Waals surface area contributed by atoms with Crippen LogP contribution >= 0.6 is 11.6 Å². The lowest BCUT2D eigenvalue weighted by Gasteiger charge is -2.06. The molecule has 0 saturated heterocycles. The fraction of sp³-hybridized carbons (Fsp3) is 0.389. The van der Waals surface area contributed by atoms with Gasteiger partial charge in [0.1, 0.15) is 0 Å². The maximum Gasteiger partial charge on any atom is 0.261 e. The molecule has 7 heteroatoms. The molecule has 6 nitrogen and oxygen atoms in total. The summed E-state index contributed by atoms with van der Waals surface area (Å²) in [6, 6.07) is 8.07. The molecule has 2 heterocycles. The Balaban J connectivity index is 1.89. The molecule has 1 atom stereocenters. The minimum absolute atomic E-state index is 0.288. The second-order valence-corrected chi connectivity index (χ2v) is 6.61. The molecular formula is C18H22ClN5O. The Bertz CT molecular complexity index is 870. The van der Waals surface area contributed by atoms with Crippen LogP contribution in [-0.4, -0.2) is 33.0 Å². The normalized spacial score (nSPS) is 12.5. The zero-order valence-electron chi connectivity index (χ0n) is 14.9. The SMILES string of the molecule is CNC(C)Cc1noc(-c2c(C)nn(Cc3ccccc3Cl)c2C)n1. The number of rotatable bonds is 6. The predicted molar refractivity (Wildman–Crippen MR) is 97.8 cm³/mol. The molecule has 3 rings (SSSR count). The summed E-state index contributed by atoms with van der Waals surface area (Å²) < 4.78 is 7.40. The number of halogens is 1. The molecule has 25 heavy (non-hydrogen) atoms. The molecule has 2 aromatic heterocycles. The number of aromatic nitrogens is 4. The number of benzene rings is 1. The second-order valence-electron chi connectivity index (χ2n) is 6.20. The standard InChI is InChI=1S/C18H22ClN5O/c1-11(20-4)9-16-21-18(25-23-16)17-12(2)22-24(13(17)3)10-14-7-5-6-8-15(14)19/h5-8,11,20H,9-10H2,1-4H3. The van der Waals surface area contributed by atoms with Gasteiger partial charge in [0.25, 0.3) is 5.89 Å². The van der Waals surface area contributed by atoms with Gasteiger partial charge in [-0.05, 0) is 39.4 Å². The van der Waals surface area contributed by atoms with Crippen LogP contribution in [0.4, 0.5) is 0 Å². The maximum atomic E-state index is 6.27. The van der Waals surface area contributed by atoms with Crippen molar-refractivity contribution < 1.29 is 4.52 Å². The van der Waals surface area contributed by atoms with Crippen molar-refractivity contribution in [2.45, 2.75) is 39.8 Å². The number of hydrogen-bond acceptors (Lipinski definition) is 5. The Morgan fingerprint density at radius 3 is 2.76 bits per heavy atom. The maximum absolute atomic E-state index is 6.27. The van der Waals surface area contributed by atoms with Crippen molar-refractivity contribution in [1.29, 1.82) is 0 Å². The fourth-order valence-corrected chi connectivity index (χ4v) is 2.96. The van der Waals surface area contributed by atoms with Crippen molar-refractivity contribution in [3.63, 3.8) is 0 Å². The van der Waals surface area contributed by atoms with Gasteiger partial charge in [0.15, 0.2) is 5.82 Å². The molecule has 0 aliphatic rings.